The summed E-state index contributed by atoms with van der Waals surface area (Å²) in [7, 11) is -3.19. The molecule has 2 aromatic rings. The molecule has 5 fully saturated rings. The van der Waals surface area contributed by atoms with Crippen molar-refractivity contribution in [2.75, 3.05) is 57.3 Å². The highest BCUT2D eigenvalue weighted by Crippen LogP contribution is 2.51. The molecule has 3 aliphatic heterocycles. The zero-order valence-corrected chi connectivity index (χ0v) is 27.6. The minimum Gasteiger partial charge on any atom is -0.465 e. The van der Waals surface area contributed by atoms with E-state index >= 15 is 0 Å². The van der Waals surface area contributed by atoms with E-state index in [9.17, 15) is 22.7 Å². The van der Waals surface area contributed by atoms with Gasteiger partial charge in [0.15, 0.2) is 9.84 Å². The monoisotopic (exact) mass is 652 g/mol. The van der Waals surface area contributed by atoms with Crippen LogP contribution in [0.25, 0.3) is 0 Å². The topological polar surface area (TPSA) is 93.2 Å². The molecule has 0 radical (unpaired) electrons. The standard InChI is InChI=1S/C36H49FN4O4S/c37-29-6-1-5-28(21-29)36(25-40-17-4-18-40,33-9-3-10-34(33)38-35(42)43)27-15-19-39(20-16-27)22-26-23-41(24-26)30-11-13-32(14-12-30)46(44,45)31-7-2-8-31/h1,5-6,11-14,21,26-27,31,33-34,38H,2-4,7-10,15-20,22-25H2,(H,42,43)/t33-,34-,36-/m0/s1. The molecule has 8 nitrogen and oxygen atoms in total. The number of amides is 1. The number of carboxylic acid groups (broad SMARTS) is 1. The maximum absolute atomic E-state index is 14.9. The number of sulfone groups is 1. The summed E-state index contributed by atoms with van der Waals surface area (Å²) in [5.74, 6) is 0.841. The Bertz CT molecular complexity index is 1480. The number of benzene rings is 2. The van der Waals surface area contributed by atoms with Gasteiger partial charge in [0.1, 0.15) is 5.82 Å². The largest absolute Gasteiger partial charge is 0.465 e. The summed E-state index contributed by atoms with van der Waals surface area (Å²) in [6, 6.07) is 14.6. The Morgan fingerprint density at radius 2 is 1.61 bits per heavy atom. The molecule has 0 unspecified atom stereocenters. The Morgan fingerprint density at radius 1 is 0.891 bits per heavy atom. The molecule has 0 bridgehead atoms. The SMILES string of the molecule is O=C(O)N[C@H]1CCC[C@@H]1[C@](CN1CCC1)(c1cccc(F)c1)C1CCN(CC2CN(c3ccc(S(=O)(=O)C4CCC4)cc3)C2)CC1. The van der Waals surface area contributed by atoms with Crippen molar-refractivity contribution in [2.45, 2.75) is 79.4 Å². The van der Waals surface area contributed by atoms with Gasteiger partial charge in [0.05, 0.1) is 10.1 Å². The van der Waals surface area contributed by atoms with E-state index in [4.69, 9.17) is 0 Å². The van der Waals surface area contributed by atoms with Crippen LogP contribution in [0.1, 0.15) is 63.4 Å². The van der Waals surface area contributed by atoms with Gasteiger partial charge in [0.25, 0.3) is 0 Å². The van der Waals surface area contributed by atoms with Crippen LogP contribution in [0.5, 0.6) is 0 Å². The van der Waals surface area contributed by atoms with E-state index in [1.54, 1.807) is 18.2 Å². The predicted octanol–water partition coefficient (Wildman–Crippen LogP) is 5.38. The van der Waals surface area contributed by atoms with Gasteiger partial charge in [-0.15, -0.1) is 0 Å². The molecular weight excluding hydrogens is 603 g/mol. The zero-order valence-electron chi connectivity index (χ0n) is 26.8. The fraction of sp³-hybridized carbons (Fsp3) is 0.639. The predicted molar refractivity (Wildman–Crippen MR) is 178 cm³/mol. The van der Waals surface area contributed by atoms with Gasteiger partial charge in [0, 0.05) is 49.2 Å². The van der Waals surface area contributed by atoms with Crippen LogP contribution in [0.15, 0.2) is 53.4 Å². The summed E-state index contributed by atoms with van der Waals surface area (Å²) in [6.45, 7) is 7.95. The fourth-order valence-corrected chi connectivity index (χ4v) is 11.2. The average molecular weight is 653 g/mol. The van der Waals surface area contributed by atoms with Crippen molar-refractivity contribution in [1.29, 1.82) is 0 Å². The molecule has 2 aliphatic carbocycles. The summed E-state index contributed by atoms with van der Waals surface area (Å²) in [5.41, 5.74) is 1.83. The first kappa shape index (κ1) is 31.9. The Hall–Kier alpha value is -2.69. The third-order valence-corrected chi connectivity index (χ3v) is 14.4. The highest BCUT2D eigenvalue weighted by atomic mass is 32.2. The van der Waals surface area contributed by atoms with E-state index in [0.717, 1.165) is 115 Å². The van der Waals surface area contributed by atoms with E-state index in [1.165, 1.54) is 12.5 Å². The van der Waals surface area contributed by atoms with Crippen molar-refractivity contribution in [3.8, 4) is 0 Å². The lowest BCUT2D eigenvalue weighted by Gasteiger charge is -2.54. The van der Waals surface area contributed by atoms with Crippen LogP contribution in [0.3, 0.4) is 0 Å². The zero-order chi connectivity index (χ0) is 31.9. The second-order valence-electron chi connectivity index (χ2n) is 14.7. The van der Waals surface area contributed by atoms with E-state index < -0.39 is 15.9 Å². The molecule has 3 saturated heterocycles. The van der Waals surface area contributed by atoms with Crippen LogP contribution in [-0.2, 0) is 15.3 Å². The Labute approximate surface area is 273 Å². The molecule has 2 saturated carbocycles. The van der Waals surface area contributed by atoms with Gasteiger partial charge in [-0.3, -0.25) is 0 Å². The summed E-state index contributed by atoms with van der Waals surface area (Å²) in [4.78, 5) is 19.7. The number of nitrogens with one attached hydrogen (secondary N) is 1. The summed E-state index contributed by atoms with van der Waals surface area (Å²) < 4.78 is 40.4. The van der Waals surface area contributed by atoms with Gasteiger partial charge in [-0.1, -0.05) is 25.0 Å². The first-order valence-corrected chi connectivity index (χ1v) is 19.1. The van der Waals surface area contributed by atoms with Gasteiger partial charge in [-0.05, 0) is 125 Å². The molecule has 1 amide bonds. The molecular formula is C36H49FN4O4S. The Morgan fingerprint density at radius 3 is 2.22 bits per heavy atom. The lowest BCUT2D eigenvalue weighted by Crippen LogP contribution is -2.60. The molecule has 46 heavy (non-hydrogen) atoms. The highest BCUT2D eigenvalue weighted by molar-refractivity contribution is 7.92. The van der Waals surface area contributed by atoms with Crippen LogP contribution >= 0.6 is 0 Å². The number of carbonyl (C=O) groups is 1. The van der Waals surface area contributed by atoms with Crippen molar-refractivity contribution in [2.24, 2.45) is 17.8 Å². The molecule has 3 heterocycles. The molecule has 2 aromatic carbocycles. The third kappa shape index (κ3) is 6.17. The number of halogens is 1. The van der Waals surface area contributed by atoms with Crippen LogP contribution in [0.2, 0.25) is 0 Å². The van der Waals surface area contributed by atoms with Crippen LogP contribution in [0.4, 0.5) is 14.9 Å². The van der Waals surface area contributed by atoms with Crippen molar-refractivity contribution < 1.29 is 22.7 Å². The number of hydrogen-bond acceptors (Lipinski definition) is 6. The first-order chi connectivity index (χ1) is 22.2. The maximum Gasteiger partial charge on any atom is 0.404 e. The molecule has 250 valence electrons. The van der Waals surface area contributed by atoms with Gasteiger partial charge in [-0.2, -0.15) is 0 Å². The quantitative estimate of drug-likeness (QED) is 0.337. The van der Waals surface area contributed by atoms with Gasteiger partial charge >= 0.3 is 6.09 Å². The van der Waals surface area contributed by atoms with Crippen molar-refractivity contribution in [1.82, 2.24) is 15.1 Å². The van der Waals surface area contributed by atoms with E-state index in [0.29, 0.717) is 16.7 Å². The van der Waals surface area contributed by atoms with Gasteiger partial charge in [-0.25, -0.2) is 17.6 Å². The Balaban J connectivity index is 1.01. The summed E-state index contributed by atoms with van der Waals surface area (Å²) >= 11 is 0. The van der Waals surface area contributed by atoms with Gasteiger partial charge < -0.3 is 25.1 Å². The van der Waals surface area contributed by atoms with E-state index in [1.807, 2.05) is 18.2 Å². The molecule has 5 aliphatic rings. The van der Waals surface area contributed by atoms with Crippen molar-refractivity contribution >= 4 is 21.6 Å². The van der Waals surface area contributed by atoms with Crippen LogP contribution in [-0.4, -0.2) is 93.1 Å². The lowest BCUT2D eigenvalue weighted by molar-refractivity contribution is 0.0226. The van der Waals surface area contributed by atoms with E-state index in [-0.39, 0.29) is 28.4 Å². The van der Waals surface area contributed by atoms with Crippen molar-refractivity contribution in [3.63, 3.8) is 0 Å². The maximum atomic E-state index is 14.9. The number of anilines is 1. The number of nitrogens with zero attached hydrogens (tertiary/aromatic N) is 3. The molecule has 2 N–H and O–H groups in total. The number of likely N-dealkylation sites (tertiary alicyclic amines) is 2. The molecule has 0 spiro atoms. The minimum absolute atomic E-state index is 0.117. The van der Waals surface area contributed by atoms with E-state index in [2.05, 4.69) is 26.1 Å². The summed E-state index contributed by atoms with van der Waals surface area (Å²) in [5, 5.41) is 12.4. The molecule has 10 heteroatoms. The van der Waals surface area contributed by atoms with Gasteiger partial charge in [0.2, 0.25) is 0 Å². The lowest BCUT2D eigenvalue weighted by atomic mass is 9.57. The minimum atomic E-state index is -3.19. The molecule has 7 rings (SSSR count). The first-order valence-electron chi connectivity index (χ1n) is 17.5. The Kier molecular flexibility index (Phi) is 9.06. The number of rotatable bonds is 11. The van der Waals surface area contributed by atoms with Crippen LogP contribution < -0.4 is 10.2 Å². The second-order valence-corrected chi connectivity index (χ2v) is 16.9. The summed E-state index contributed by atoms with van der Waals surface area (Å²) in [6.07, 6.45) is 7.61. The normalized spacial score (nSPS) is 26.6. The smallest absolute Gasteiger partial charge is 0.404 e. The molecule has 0 aromatic heterocycles. The fourth-order valence-electron chi connectivity index (χ4n) is 9.30. The highest BCUT2D eigenvalue weighted by Gasteiger charge is 2.53. The average Bonchev–Trinajstić information content (AvgIpc) is 3.41. The number of piperidine rings is 1. The molecule has 3 atom stereocenters. The second kappa shape index (κ2) is 13.1. The van der Waals surface area contributed by atoms with Crippen molar-refractivity contribution in [3.05, 3.63) is 59.9 Å². The number of hydrogen-bond donors (Lipinski definition) is 2. The third-order valence-electron chi connectivity index (χ3n) is 12.1. The van der Waals surface area contributed by atoms with Crippen LogP contribution in [0, 0.1) is 23.6 Å².